The Hall–Kier alpha value is -3.62. The number of carbonyl (C=O) groups is 1. The molecule has 12 aliphatic rings. The lowest BCUT2D eigenvalue weighted by atomic mass is 9.52. The van der Waals surface area contributed by atoms with Crippen LogP contribution in [0.1, 0.15) is 173 Å². The number of carbonyl (C=O) groups excluding carboxylic acids is 1. The molecule has 15 rings (SSSR count). The number of rotatable bonds is 4. The van der Waals surface area contributed by atoms with Crippen LogP contribution in [0.3, 0.4) is 0 Å². The number of fused-ring (bicyclic) bond motifs is 14. The van der Waals surface area contributed by atoms with Gasteiger partial charge in [0.1, 0.15) is 6.61 Å². The quantitative estimate of drug-likeness (QED) is 0.122. The van der Waals surface area contributed by atoms with Gasteiger partial charge in [0.2, 0.25) is 0 Å². The fourth-order valence-electron chi connectivity index (χ4n) is 21.4. The van der Waals surface area contributed by atoms with E-state index in [1.807, 2.05) is 11.6 Å². The van der Waals surface area contributed by atoms with Crippen molar-refractivity contribution in [2.75, 3.05) is 13.1 Å². The molecule has 20 atom stereocenters. The Kier molecular flexibility index (Phi) is 15.9. The normalized spacial score (nSPS) is 42.4. The minimum atomic E-state index is -4.08. The third-order valence-electron chi connectivity index (χ3n) is 25.5. The van der Waals surface area contributed by atoms with Crippen LogP contribution in [0.5, 0.6) is 0 Å². The minimum absolute atomic E-state index is 0.0148. The van der Waals surface area contributed by atoms with Gasteiger partial charge in [-0.15, -0.1) is 0 Å². The monoisotopic (exact) mass is 1230 g/mol. The van der Waals surface area contributed by atoms with Gasteiger partial charge in [0.15, 0.2) is 0 Å². The highest BCUT2D eigenvalue weighted by atomic mass is 35.7. The number of nitrogens with zero attached hydrogens (tertiary/aromatic N) is 3. The summed E-state index contributed by atoms with van der Waals surface area (Å²) in [6.07, 6.45) is 25.4. The molecule has 0 bridgehead atoms. The smallest absolute Gasteiger partial charge is 0.422 e. The molecule has 4 aliphatic heterocycles. The number of hydrogen-bond donors (Lipinski definition) is 5. The molecule has 8 fully saturated rings. The molecule has 1 amide bonds. The van der Waals surface area contributed by atoms with Gasteiger partial charge in [-0.05, 0) is 223 Å². The number of hydrogen-bond acceptors (Lipinski definition) is 11. The lowest BCUT2D eigenvalue weighted by Crippen LogP contribution is -2.56. The predicted octanol–water partition coefficient (Wildman–Crippen LogP) is 11.2. The second-order valence-electron chi connectivity index (χ2n) is 30.1. The highest BCUT2D eigenvalue weighted by Gasteiger charge is 2.63. The first kappa shape index (κ1) is 60.3. The van der Waals surface area contributed by atoms with Crippen LogP contribution < -0.4 is 15.2 Å². The zero-order chi connectivity index (χ0) is 59.8. The van der Waals surface area contributed by atoms with Gasteiger partial charge >= 0.3 is 15.3 Å². The Morgan fingerprint density at radius 2 is 1.26 bits per heavy atom. The summed E-state index contributed by atoms with van der Waals surface area (Å²) in [6.45, 7) is 21.0. The molecule has 0 unspecified atom stereocenters. The molecule has 3 aromatic rings. The van der Waals surface area contributed by atoms with Crippen LogP contribution in [0, 0.1) is 81.8 Å². The fraction of sp³-hybridized carbons (Fsp3) is 0.742. The number of piperidine rings is 2. The largest absolute Gasteiger partial charge is 0.444 e. The Balaban J connectivity index is 0.000000129. The number of ether oxygens (including phenoxy) is 3. The summed E-state index contributed by atoms with van der Waals surface area (Å²) in [7, 11) is -3.07. The molecule has 4 saturated carbocycles. The van der Waals surface area contributed by atoms with Gasteiger partial charge in [-0.1, -0.05) is 94.2 Å². The summed E-state index contributed by atoms with van der Waals surface area (Å²) in [4.78, 5) is 10.8. The first-order valence-corrected chi connectivity index (χ1v) is 36.4. The van der Waals surface area contributed by atoms with Crippen LogP contribution in [0.2, 0.25) is 0 Å². The van der Waals surface area contributed by atoms with Crippen molar-refractivity contribution in [3.63, 3.8) is 0 Å². The number of H-pyrrole nitrogens is 2. The zero-order valence-corrected chi connectivity index (χ0v) is 53.9. The maximum Gasteiger partial charge on any atom is 0.422 e. The number of aromatic nitrogens is 4. The van der Waals surface area contributed by atoms with E-state index in [1.54, 1.807) is 39.7 Å². The predicted molar refractivity (Wildman–Crippen MR) is 328 cm³/mol. The molecule has 19 heteroatoms. The molecule has 85 heavy (non-hydrogen) atoms. The van der Waals surface area contributed by atoms with E-state index in [4.69, 9.17) is 25.3 Å². The highest BCUT2D eigenvalue weighted by molar-refractivity contribution is 8.12. The van der Waals surface area contributed by atoms with E-state index in [-0.39, 0.29) is 41.8 Å². The SMILES string of the molecule is CC1=C2C[C@H]3[C@@H](CC[C@@H]4Cc5[nH]ncc5C[C@@]43C)[C@@H]2CC[C@@]2(C1)O[C@@H]1C[C@H](C)CN(S(N)(=O)=O)[C@H]1[C@H]2C.CC1=C2C[C@H]3[C@@H](CC[C@@H]4Cc5[nH]ncc5C[C@@]43C)[C@@H]2CC[C@@]2(C1)O[C@@H]1C[C@H](C)CN[C@H]1[C@H]2C.O=C(NS(=O)(=O)Cl)OCc1ccccc1. The van der Waals surface area contributed by atoms with Crippen molar-refractivity contribution in [3.05, 3.63) is 93.1 Å². The van der Waals surface area contributed by atoms with E-state index in [0.29, 0.717) is 41.4 Å². The van der Waals surface area contributed by atoms with Crippen LogP contribution in [0.4, 0.5) is 4.79 Å². The summed E-state index contributed by atoms with van der Waals surface area (Å²) < 4.78 is 67.6. The van der Waals surface area contributed by atoms with Crippen LogP contribution in [-0.4, -0.2) is 96.2 Å². The van der Waals surface area contributed by atoms with Crippen LogP contribution in [0.25, 0.3) is 0 Å². The van der Waals surface area contributed by atoms with Gasteiger partial charge in [-0.25, -0.2) is 14.7 Å². The van der Waals surface area contributed by atoms with E-state index in [1.165, 1.54) is 123 Å². The van der Waals surface area contributed by atoms with Gasteiger partial charge < -0.3 is 19.5 Å². The molecule has 6 N–H and O–H groups in total. The molecule has 8 aliphatic carbocycles. The molecule has 0 radical (unpaired) electrons. The standard InChI is InChI=1S/C29H44N4O3S.C29H43N3O.C8H8ClNO4S/c1-16-9-26-27(33(15-16)37(30,34)35)18(3)29(36-26)8-7-21-22-6-5-20-10-25-19(14-31-32-25)13-28(20,4)24(22)11-23(21)17(2)12-29;1-16-9-26-27(30-14-16)18(3)29(33-26)8-7-21-22-6-5-20-10-25-19(15-31-32-25)13-28(20,4)24(22)11-23(21)17(2)12-29;9-15(12,13)10-8(11)14-6-7-4-2-1-3-5-7/h14,16,18,20-22,24,26-27H,5-13,15H2,1-4H3,(H,31,32)(H2,30,34,35);15-16,18,20-22,24,26-27,30H,5-14H2,1-4H3,(H,31,32);1-5H,6H2,(H,10,11)/t2*16-,18+,20+,21-,22-,24-,26+,27-,28-,29-;/m00./s1. The summed E-state index contributed by atoms with van der Waals surface area (Å²) in [6, 6.07) is 9.25. The van der Waals surface area contributed by atoms with Crippen LogP contribution >= 0.6 is 10.7 Å². The first-order valence-electron chi connectivity index (χ1n) is 32.6. The van der Waals surface area contributed by atoms with Gasteiger partial charge in [-0.3, -0.25) is 10.2 Å². The Bertz CT molecular complexity index is 3320. The molecule has 6 heterocycles. The molecule has 4 saturated heterocycles. The number of aromatic amines is 2. The molecular weight excluding hydrogens is 1130 g/mol. The lowest BCUT2D eigenvalue weighted by Gasteiger charge is -2.52. The molecule has 2 spiro atoms. The summed E-state index contributed by atoms with van der Waals surface area (Å²) in [5.74, 6) is 8.05. The van der Waals surface area contributed by atoms with Crippen molar-refractivity contribution < 1.29 is 35.8 Å². The number of nitrogens with two attached hydrogens (primary N) is 1. The lowest BCUT2D eigenvalue weighted by molar-refractivity contribution is -0.0763. The van der Waals surface area contributed by atoms with Gasteiger partial charge in [0, 0.05) is 46.5 Å². The molecule has 16 nitrogen and oxygen atoms in total. The van der Waals surface area contributed by atoms with Gasteiger partial charge in [0.05, 0.1) is 41.8 Å². The maximum atomic E-state index is 12.6. The van der Waals surface area contributed by atoms with Crippen LogP contribution in [0.15, 0.2) is 65.0 Å². The molecule has 1 aromatic carbocycles. The van der Waals surface area contributed by atoms with Gasteiger partial charge in [0.25, 0.3) is 10.2 Å². The van der Waals surface area contributed by atoms with Crippen LogP contribution in [-0.2, 0) is 65.9 Å². The molecule has 2 aromatic heterocycles. The Morgan fingerprint density at radius 1 is 0.729 bits per heavy atom. The number of nitrogens with one attached hydrogen (secondary N) is 4. The second kappa shape index (κ2) is 22.4. The maximum absolute atomic E-state index is 12.6. The third-order valence-corrected chi connectivity index (χ3v) is 27.2. The average molecular weight is 1230 g/mol. The summed E-state index contributed by atoms with van der Waals surface area (Å²) in [5.41, 5.74) is 13.9. The first-order chi connectivity index (χ1) is 40.3. The minimum Gasteiger partial charge on any atom is -0.444 e. The highest BCUT2D eigenvalue weighted by Crippen LogP contribution is 2.67. The third kappa shape index (κ3) is 10.8. The van der Waals surface area contributed by atoms with Crippen molar-refractivity contribution in [2.24, 2.45) is 87.0 Å². The zero-order valence-electron chi connectivity index (χ0n) is 51.5. The van der Waals surface area contributed by atoms with E-state index >= 15 is 0 Å². The number of halogens is 1. The average Bonchev–Trinajstić information content (AvgIpc) is 1.67. The van der Waals surface area contributed by atoms with Crippen molar-refractivity contribution in [2.45, 2.75) is 213 Å². The van der Waals surface area contributed by atoms with E-state index in [9.17, 15) is 21.6 Å². The number of amides is 1. The van der Waals surface area contributed by atoms with Gasteiger partial charge in [-0.2, -0.15) is 31.3 Å². The van der Waals surface area contributed by atoms with E-state index in [2.05, 4.69) is 98.2 Å². The summed E-state index contributed by atoms with van der Waals surface area (Å²) >= 11 is 0. The van der Waals surface area contributed by atoms with Crippen molar-refractivity contribution >= 4 is 36.2 Å². The molecule has 466 valence electrons. The summed E-state index contributed by atoms with van der Waals surface area (Å²) in [5, 5.41) is 25.0. The van der Waals surface area contributed by atoms with E-state index < -0.39 is 25.5 Å². The van der Waals surface area contributed by atoms with Crippen molar-refractivity contribution in [1.29, 1.82) is 0 Å². The number of allylic oxidation sites excluding steroid dienone is 2. The van der Waals surface area contributed by atoms with Crippen molar-refractivity contribution in [3.8, 4) is 0 Å². The Labute approximate surface area is 510 Å². The Morgan fingerprint density at radius 3 is 1.80 bits per heavy atom. The fourth-order valence-corrected chi connectivity index (χ4v) is 22.9. The van der Waals surface area contributed by atoms with Crippen molar-refractivity contribution in [1.82, 2.24) is 34.7 Å². The number of benzene rings is 1. The molecular formula is C66H95ClN8O8S2. The topological polar surface area (TPSA) is 224 Å². The second-order valence-corrected chi connectivity index (χ2v) is 33.9. The van der Waals surface area contributed by atoms with E-state index in [0.717, 1.165) is 85.1 Å².